The van der Waals surface area contributed by atoms with Crippen molar-refractivity contribution in [3.63, 3.8) is 0 Å². The van der Waals surface area contributed by atoms with E-state index in [0.29, 0.717) is 12.3 Å². The lowest BCUT2D eigenvalue weighted by molar-refractivity contribution is 0.287. The Kier molecular flexibility index (Phi) is 4.70. The largest absolute Gasteiger partial charge is 0.396 e. The molecule has 100 valence electrons. The van der Waals surface area contributed by atoms with Crippen LogP contribution in [0.15, 0.2) is 12.1 Å². The molecule has 0 aliphatic heterocycles. The Morgan fingerprint density at radius 1 is 1.06 bits per heavy atom. The fourth-order valence-corrected chi connectivity index (χ4v) is 2.79. The molecule has 1 fully saturated rings. The van der Waals surface area contributed by atoms with Crippen LogP contribution in [0.25, 0.3) is 0 Å². The number of hydrogen-bond donors (Lipinski definition) is 1. The molecule has 1 nitrogen and oxygen atoms in total. The maximum Gasteiger partial charge on any atom is 0.129 e. The molecular weight excluding hydrogens is 234 g/mol. The van der Waals surface area contributed by atoms with Gasteiger partial charge in [-0.05, 0) is 49.3 Å². The van der Waals surface area contributed by atoms with Crippen molar-refractivity contribution in [2.24, 2.45) is 0 Å². The van der Waals surface area contributed by atoms with Crippen molar-refractivity contribution in [2.45, 2.75) is 50.9 Å². The van der Waals surface area contributed by atoms with Crippen LogP contribution in [-0.2, 0) is 6.42 Å². The maximum atomic E-state index is 13.9. The van der Waals surface area contributed by atoms with Gasteiger partial charge in [0.05, 0.1) is 0 Å². The van der Waals surface area contributed by atoms with Gasteiger partial charge in [-0.2, -0.15) is 0 Å². The van der Waals surface area contributed by atoms with E-state index in [9.17, 15) is 8.78 Å². The van der Waals surface area contributed by atoms with E-state index in [-0.39, 0.29) is 18.6 Å². The summed E-state index contributed by atoms with van der Waals surface area (Å²) in [6, 6.07) is 2.98. The van der Waals surface area contributed by atoms with Gasteiger partial charge in [-0.1, -0.05) is 19.3 Å². The molecule has 1 aliphatic carbocycles. The summed E-state index contributed by atoms with van der Waals surface area (Å²) in [5.41, 5.74) is 0.918. The van der Waals surface area contributed by atoms with Gasteiger partial charge in [0.2, 0.25) is 0 Å². The Balaban J connectivity index is 2.18. The number of benzene rings is 1. The Labute approximate surface area is 107 Å². The molecule has 1 saturated carbocycles. The molecule has 0 atom stereocenters. The highest BCUT2D eigenvalue weighted by molar-refractivity contribution is 5.29. The third-order valence-electron chi connectivity index (χ3n) is 3.82. The summed E-state index contributed by atoms with van der Waals surface area (Å²) in [6.07, 6.45) is 6.27. The SMILES string of the molecule is OCCCc1c(F)cc(C2CCCCC2)cc1F. The van der Waals surface area contributed by atoms with Crippen molar-refractivity contribution in [3.05, 3.63) is 34.9 Å². The lowest BCUT2D eigenvalue weighted by Gasteiger charge is -2.22. The molecule has 3 heteroatoms. The third kappa shape index (κ3) is 3.08. The van der Waals surface area contributed by atoms with E-state index < -0.39 is 11.6 Å². The Morgan fingerprint density at radius 3 is 2.22 bits per heavy atom. The van der Waals surface area contributed by atoms with E-state index in [1.54, 1.807) is 0 Å². The van der Waals surface area contributed by atoms with Gasteiger partial charge >= 0.3 is 0 Å². The minimum Gasteiger partial charge on any atom is -0.396 e. The fourth-order valence-electron chi connectivity index (χ4n) is 2.79. The van der Waals surface area contributed by atoms with Gasteiger partial charge < -0.3 is 5.11 Å². The van der Waals surface area contributed by atoms with Crippen molar-refractivity contribution < 1.29 is 13.9 Å². The smallest absolute Gasteiger partial charge is 0.129 e. The number of hydrogen-bond acceptors (Lipinski definition) is 1. The topological polar surface area (TPSA) is 20.2 Å². The predicted molar refractivity (Wildman–Crippen MR) is 67.6 cm³/mol. The first kappa shape index (κ1) is 13.5. The summed E-state index contributed by atoms with van der Waals surface area (Å²) in [5, 5.41) is 8.72. The zero-order chi connectivity index (χ0) is 13.0. The Morgan fingerprint density at radius 2 is 1.67 bits per heavy atom. The molecule has 1 N–H and O–H groups in total. The van der Waals surface area contributed by atoms with Crippen molar-refractivity contribution in [1.29, 1.82) is 0 Å². The third-order valence-corrected chi connectivity index (χ3v) is 3.82. The highest BCUT2D eigenvalue weighted by Crippen LogP contribution is 2.34. The second-order valence-electron chi connectivity index (χ2n) is 5.13. The summed E-state index contributed by atoms with van der Waals surface area (Å²) < 4.78 is 27.7. The molecule has 0 unspecified atom stereocenters. The van der Waals surface area contributed by atoms with Crippen molar-refractivity contribution >= 4 is 0 Å². The first-order valence-corrected chi connectivity index (χ1v) is 6.81. The van der Waals surface area contributed by atoms with Crippen LogP contribution in [0.4, 0.5) is 8.78 Å². The number of rotatable bonds is 4. The second kappa shape index (κ2) is 6.28. The molecule has 2 rings (SSSR count). The van der Waals surface area contributed by atoms with Gasteiger partial charge in [0.15, 0.2) is 0 Å². The van der Waals surface area contributed by atoms with Crippen molar-refractivity contribution in [2.75, 3.05) is 6.61 Å². The van der Waals surface area contributed by atoms with Crippen LogP contribution in [0.3, 0.4) is 0 Å². The van der Waals surface area contributed by atoms with Crippen LogP contribution in [0.5, 0.6) is 0 Å². The molecule has 18 heavy (non-hydrogen) atoms. The molecule has 1 aromatic rings. The normalized spacial score (nSPS) is 17.1. The average molecular weight is 254 g/mol. The van der Waals surface area contributed by atoms with Crippen LogP contribution in [0.1, 0.15) is 55.6 Å². The zero-order valence-electron chi connectivity index (χ0n) is 10.6. The Bertz CT molecular complexity index is 374. The van der Waals surface area contributed by atoms with Crippen LogP contribution >= 0.6 is 0 Å². The maximum absolute atomic E-state index is 13.9. The van der Waals surface area contributed by atoms with Gasteiger partial charge in [-0.15, -0.1) is 0 Å². The summed E-state index contributed by atoms with van der Waals surface area (Å²) >= 11 is 0. The predicted octanol–water partition coefficient (Wildman–Crippen LogP) is 3.94. The van der Waals surface area contributed by atoms with Crippen LogP contribution < -0.4 is 0 Å². The minimum atomic E-state index is -0.455. The first-order chi connectivity index (χ1) is 8.72. The summed E-state index contributed by atoms with van der Waals surface area (Å²) in [4.78, 5) is 0. The van der Waals surface area contributed by atoms with Crippen LogP contribution in [0.2, 0.25) is 0 Å². The molecule has 1 aliphatic rings. The highest BCUT2D eigenvalue weighted by Gasteiger charge is 2.19. The number of aliphatic hydroxyl groups is 1. The molecule has 0 spiro atoms. The van der Waals surface area contributed by atoms with Gasteiger partial charge in [0, 0.05) is 12.2 Å². The molecule has 1 aromatic carbocycles. The van der Waals surface area contributed by atoms with Crippen LogP contribution in [-0.4, -0.2) is 11.7 Å². The quantitative estimate of drug-likeness (QED) is 0.863. The summed E-state index contributed by atoms with van der Waals surface area (Å²) in [5.74, 6) is -0.595. The van der Waals surface area contributed by atoms with E-state index in [1.807, 2.05) is 0 Å². The second-order valence-corrected chi connectivity index (χ2v) is 5.13. The van der Waals surface area contributed by atoms with Crippen molar-refractivity contribution in [1.82, 2.24) is 0 Å². The molecule has 0 radical (unpaired) electrons. The van der Waals surface area contributed by atoms with E-state index in [0.717, 1.165) is 31.2 Å². The van der Waals surface area contributed by atoms with Gasteiger partial charge in [0.25, 0.3) is 0 Å². The van der Waals surface area contributed by atoms with Gasteiger partial charge in [0.1, 0.15) is 11.6 Å². The van der Waals surface area contributed by atoms with Gasteiger partial charge in [-0.25, -0.2) is 8.78 Å². The summed E-state index contributed by atoms with van der Waals surface area (Å²) in [7, 11) is 0. The van der Waals surface area contributed by atoms with Gasteiger partial charge in [-0.3, -0.25) is 0 Å². The number of aliphatic hydroxyl groups excluding tert-OH is 1. The zero-order valence-corrected chi connectivity index (χ0v) is 10.6. The monoisotopic (exact) mass is 254 g/mol. The summed E-state index contributed by atoms with van der Waals surface area (Å²) in [6.45, 7) is -0.0384. The molecule has 0 bridgehead atoms. The van der Waals surface area contributed by atoms with E-state index >= 15 is 0 Å². The van der Waals surface area contributed by atoms with Crippen molar-refractivity contribution in [3.8, 4) is 0 Å². The Hall–Kier alpha value is -0.960. The molecule has 0 saturated heterocycles. The molecule has 0 amide bonds. The lowest BCUT2D eigenvalue weighted by Crippen LogP contribution is -2.07. The molecule has 0 aromatic heterocycles. The minimum absolute atomic E-state index is 0.0384. The lowest BCUT2D eigenvalue weighted by atomic mass is 9.83. The molecular formula is C15H20F2O. The fraction of sp³-hybridized carbons (Fsp3) is 0.600. The highest BCUT2D eigenvalue weighted by atomic mass is 19.1. The van der Waals surface area contributed by atoms with E-state index in [4.69, 9.17) is 5.11 Å². The standard InChI is InChI=1S/C15H20F2O/c16-14-9-12(11-5-2-1-3-6-11)10-15(17)13(14)7-4-8-18/h9-11,18H,1-8H2. The van der Waals surface area contributed by atoms with E-state index in [1.165, 1.54) is 18.6 Å². The molecule has 0 heterocycles. The first-order valence-electron chi connectivity index (χ1n) is 6.81. The number of halogens is 2. The van der Waals surface area contributed by atoms with Crippen LogP contribution in [0, 0.1) is 11.6 Å². The van der Waals surface area contributed by atoms with E-state index in [2.05, 4.69) is 0 Å². The average Bonchev–Trinajstić information content (AvgIpc) is 2.39.